The Morgan fingerprint density at radius 1 is 0.650 bits per heavy atom. The number of aliphatic hydroxyl groups is 12. The van der Waals surface area contributed by atoms with Gasteiger partial charge in [-0.25, -0.2) is 4.79 Å². The van der Waals surface area contributed by atoms with E-state index >= 15 is 0 Å². The average Bonchev–Trinajstić information content (AvgIpc) is 3.18. The van der Waals surface area contributed by atoms with Gasteiger partial charge in [-0.2, -0.15) is 0 Å². The Kier molecular flexibility index (Phi) is 17.4. The normalized spacial score (nSPS) is 43.3. The van der Waals surface area contributed by atoms with Crippen LogP contribution >= 0.6 is 0 Å². The van der Waals surface area contributed by atoms with Crippen LogP contribution in [-0.4, -0.2) is 245 Å². The lowest BCUT2D eigenvalue weighted by molar-refractivity contribution is -0.387. The van der Waals surface area contributed by atoms with Gasteiger partial charge in [0.25, 0.3) is 5.79 Å². The molecule has 0 aromatic heterocycles. The van der Waals surface area contributed by atoms with Gasteiger partial charge in [0.1, 0.15) is 91.4 Å². The van der Waals surface area contributed by atoms with Crippen LogP contribution in [0.25, 0.3) is 0 Å². The maximum Gasteiger partial charge on any atom is 0.364 e. The lowest BCUT2D eigenvalue weighted by Crippen LogP contribution is -2.72. The first-order valence-electron chi connectivity index (χ1n) is 18.7. The molecule has 0 bridgehead atoms. The van der Waals surface area contributed by atoms with Gasteiger partial charge in [-0.3, -0.25) is 14.4 Å². The molecule has 21 atom stereocenters. The van der Waals surface area contributed by atoms with E-state index < -0.39 is 185 Å². The summed E-state index contributed by atoms with van der Waals surface area (Å²) in [4.78, 5) is 49.4. The number of rotatable bonds is 16. The third-order valence-electron chi connectivity index (χ3n) is 10.4. The van der Waals surface area contributed by atoms with Gasteiger partial charge >= 0.3 is 5.97 Å². The second-order valence-electron chi connectivity index (χ2n) is 14.8. The lowest BCUT2D eigenvalue weighted by atomic mass is 9.88. The number of hydrogen-bond donors (Lipinski definition) is 16. The van der Waals surface area contributed by atoms with Gasteiger partial charge in [-0.05, 0) is 0 Å². The van der Waals surface area contributed by atoms with Crippen LogP contribution in [0.2, 0.25) is 0 Å². The number of hydrogen-bond acceptors (Lipinski definition) is 23. The van der Waals surface area contributed by atoms with E-state index in [9.17, 15) is 85.6 Å². The van der Waals surface area contributed by atoms with Crippen LogP contribution in [0, 0.1) is 0 Å². The Labute approximate surface area is 340 Å². The highest BCUT2D eigenvalue weighted by molar-refractivity contribution is 5.77. The van der Waals surface area contributed by atoms with Crippen molar-refractivity contribution in [3.8, 4) is 0 Å². The first-order chi connectivity index (χ1) is 28.1. The number of carboxylic acid groups (broad SMARTS) is 1. The summed E-state index contributed by atoms with van der Waals surface area (Å²) in [5, 5.41) is 145. The molecule has 4 rings (SSSR count). The number of carboxylic acids is 1. The molecule has 0 spiro atoms. The zero-order valence-electron chi connectivity index (χ0n) is 32.4. The number of aliphatic hydroxyl groups excluding tert-OH is 12. The van der Waals surface area contributed by atoms with E-state index in [2.05, 4.69) is 16.0 Å². The molecular formula is C33H55N3O24. The first kappa shape index (κ1) is 49.8. The molecule has 4 fully saturated rings. The predicted molar refractivity (Wildman–Crippen MR) is 186 cm³/mol. The van der Waals surface area contributed by atoms with Gasteiger partial charge in [0.2, 0.25) is 17.7 Å². The van der Waals surface area contributed by atoms with Crippen molar-refractivity contribution in [2.75, 3.05) is 26.4 Å². The molecule has 0 aromatic carbocycles. The quantitative estimate of drug-likeness (QED) is 0.0684. The fourth-order valence-corrected chi connectivity index (χ4v) is 7.45. The summed E-state index contributed by atoms with van der Waals surface area (Å²) in [6.45, 7) is -1.00. The summed E-state index contributed by atoms with van der Waals surface area (Å²) < 4.78 is 40.1. The summed E-state index contributed by atoms with van der Waals surface area (Å²) >= 11 is 0. The molecule has 3 amide bonds. The average molecular weight is 878 g/mol. The molecule has 60 heavy (non-hydrogen) atoms. The van der Waals surface area contributed by atoms with Crippen molar-refractivity contribution in [1.29, 1.82) is 0 Å². The second-order valence-corrected chi connectivity index (χ2v) is 14.8. The fraction of sp³-hybridized carbons (Fsp3) is 0.879. The summed E-state index contributed by atoms with van der Waals surface area (Å²) in [6, 6.07) is -4.96. The minimum atomic E-state index is -3.16. The topological polar surface area (TPSA) is 432 Å². The summed E-state index contributed by atoms with van der Waals surface area (Å²) in [5.41, 5.74) is 0. The number of amides is 3. The Bertz CT molecular complexity index is 1470. The van der Waals surface area contributed by atoms with E-state index in [0.29, 0.717) is 0 Å². The standard InChI is InChI=1S/C33H55N3O24/c1-9(41)34-17-12(44)4-33(32(52)53,59-26(17)20(46)13(45)5-37)60-28-22(48)15(7-39)56-31(24(28)50)58-27-19(36-11(3)43)29(51)54-16(8-40)25(27)57-30-18(35-10(2)42)23(49)21(47)14(6-38)55-30/h12-31,37-40,44-51H,4-8H2,1-3H3,(H,34,41)(H,35,42)(H,36,43)(H,52,53)/t12-,13+,14+,15+,16+,17+,18+,19+,20+,21+,22-,23+,24+,25-,26+,27+,28-,29?,30-,31-,33-/m0/s1. The highest BCUT2D eigenvalue weighted by Crippen LogP contribution is 2.39. The number of aliphatic carboxylic acids is 1. The van der Waals surface area contributed by atoms with Crippen LogP contribution < -0.4 is 16.0 Å². The highest BCUT2D eigenvalue weighted by Gasteiger charge is 2.61. The summed E-state index contributed by atoms with van der Waals surface area (Å²) in [5.74, 6) is -7.58. The number of carbonyl (C=O) groups excluding carboxylic acids is 3. The van der Waals surface area contributed by atoms with Crippen LogP contribution in [0.5, 0.6) is 0 Å². The minimum Gasteiger partial charge on any atom is -0.477 e. The second kappa shape index (κ2) is 21.0. The van der Waals surface area contributed by atoms with E-state index in [1.807, 2.05) is 0 Å². The molecule has 0 aliphatic carbocycles. The lowest BCUT2D eigenvalue weighted by Gasteiger charge is -2.51. The van der Waals surface area contributed by atoms with Crippen molar-refractivity contribution in [2.24, 2.45) is 0 Å². The molecule has 346 valence electrons. The molecule has 27 heteroatoms. The van der Waals surface area contributed by atoms with Crippen molar-refractivity contribution in [2.45, 2.75) is 155 Å². The van der Waals surface area contributed by atoms with E-state index in [-0.39, 0.29) is 0 Å². The first-order valence-corrected chi connectivity index (χ1v) is 18.7. The SMILES string of the molecule is CC(=O)N[C@H]1[C@H](O[C@@H]2[C@H](O[C@@H]3O[C@H](CO)[C@H](O)[C@H](O[C@]4(C(=O)O)C[C@H](O)[C@@H](NC(C)=O)[C@H]([C@H](O)[C@H](O)CO)O4)[C@H]3O)[C@@H](NC(C)=O)C(O)O[C@@H]2CO)O[C@H](CO)[C@@H](O)[C@@H]1O. The van der Waals surface area contributed by atoms with Gasteiger partial charge in [0, 0.05) is 27.2 Å². The Balaban J connectivity index is 1.75. The predicted octanol–water partition coefficient (Wildman–Crippen LogP) is -10.1. The van der Waals surface area contributed by atoms with E-state index in [1.54, 1.807) is 0 Å². The zero-order valence-corrected chi connectivity index (χ0v) is 32.4. The Morgan fingerprint density at radius 2 is 1.17 bits per heavy atom. The number of nitrogens with one attached hydrogen (secondary N) is 3. The largest absolute Gasteiger partial charge is 0.477 e. The molecule has 4 saturated heterocycles. The maximum atomic E-state index is 12.9. The van der Waals surface area contributed by atoms with E-state index in [0.717, 1.165) is 20.8 Å². The Hall–Kier alpha value is -2.88. The third kappa shape index (κ3) is 10.8. The molecule has 0 saturated carbocycles. The van der Waals surface area contributed by atoms with E-state index in [1.165, 1.54) is 0 Å². The van der Waals surface area contributed by atoms with Gasteiger partial charge < -0.3 is 115 Å². The van der Waals surface area contributed by atoms with Crippen LogP contribution in [0.4, 0.5) is 0 Å². The van der Waals surface area contributed by atoms with Crippen molar-refractivity contribution >= 4 is 23.7 Å². The van der Waals surface area contributed by atoms with Crippen LogP contribution in [0.3, 0.4) is 0 Å². The molecule has 0 radical (unpaired) electrons. The maximum absolute atomic E-state index is 12.9. The van der Waals surface area contributed by atoms with Crippen LogP contribution in [0.15, 0.2) is 0 Å². The molecule has 27 nitrogen and oxygen atoms in total. The molecule has 16 N–H and O–H groups in total. The molecule has 4 aliphatic rings. The number of ether oxygens (including phenoxy) is 7. The summed E-state index contributed by atoms with van der Waals surface area (Å²) in [7, 11) is 0. The van der Waals surface area contributed by atoms with Crippen molar-refractivity contribution in [3.05, 3.63) is 0 Å². The van der Waals surface area contributed by atoms with Crippen LogP contribution in [0.1, 0.15) is 27.2 Å². The van der Waals surface area contributed by atoms with Gasteiger partial charge in [0.05, 0.1) is 38.6 Å². The fourth-order valence-electron chi connectivity index (χ4n) is 7.45. The Morgan fingerprint density at radius 3 is 1.70 bits per heavy atom. The molecular weight excluding hydrogens is 822 g/mol. The van der Waals surface area contributed by atoms with E-state index in [4.69, 9.17) is 33.2 Å². The van der Waals surface area contributed by atoms with Gasteiger partial charge in [0.15, 0.2) is 18.9 Å². The van der Waals surface area contributed by atoms with Crippen molar-refractivity contribution in [1.82, 2.24) is 16.0 Å². The van der Waals surface area contributed by atoms with Crippen LogP contribution in [-0.2, 0) is 52.3 Å². The van der Waals surface area contributed by atoms with Crippen molar-refractivity contribution in [3.63, 3.8) is 0 Å². The monoisotopic (exact) mass is 877 g/mol. The molecule has 0 aromatic rings. The molecule has 1 unspecified atom stereocenters. The van der Waals surface area contributed by atoms with Gasteiger partial charge in [-0.15, -0.1) is 0 Å². The summed E-state index contributed by atoms with van der Waals surface area (Å²) in [6.07, 6.45) is -34.5. The zero-order chi connectivity index (χ0) is 45.0. The van der Waals surface area contributed by atoms with Gasteiger partial charge in [-0.1, -0.05) is 0 Å². The smallest absolute Gasteiger partial charge is 0.364 e. The third-order valence-corrected chi connectivity index (χ3v) is 10.4. The molecule has 4 heterocycles. The highest BCUT2D eigenvalue weighted by atomic mass is 16.8. The van der Waals surface area contributed by atoms with Crippen molar-refractivity contribution < 1.29 is 119 Å². The minimum absolute atomic E-state index is 0.758. The number of carbonyl (C=O) groups is 4. The molecule has 4 aliphatic heterocycles.